The largest absolute Gasteiger partial charge is 0.494 e. The molecule has 0 bridgehead atoms. The molecule has 0 spiro atoms. The molecule has 2 N–H and O–H groups in total. The highest BCUT2D eigenvalue weighted by atomic mass is 32.3. The van der Waals surface area contributed by atoms with Crippen LogP contribution >= 0.6 is 0 Å². The van der Waals surface area contributed by atoms with E-state index in [2.05, 4.69) is 19.5 Å². The molecule has 2 aromatic carbocycles. The van der Waals surface area contributed by atoms with Gasteiger partial charge in [-0.15, -0.1) is 0 Å². The fourth-order valence-electron chi connectivity index (χ4n) is 3.06. The minimum absolute atomic E-state index is 0.0594. The van der Waals surface area contributed by atoms with Gasteiger partial charge in [-0.25, -0.2) is 12.6 Å². The highest BCUT2D eigenvalue weighted by Crippen LogP contribution is 2.32. The Kier molecular flexibility index (Phi) is 8.10. The first-order chi connectivity index (χ1) is 17.1. The molecule has 0 aromatic heterocycles. The van der Waals surface area contributed by atoms with Crippen LogP contribution in [-0.2, 0) is 39.3 Å². The van der Waals surface area contributed by atoms with E-state index in [1.54, 1.807) is 0 Å². The number of methoxy groups -OCH3 is 1. The predicted molar refractivity (Wildman–Crippen MR) is 128 cm³/mol. The summed E-state index contributed by atoms with van der Waals surface area (Å²) in [6, 6.07) is 7.10. The average molecular weight is 577 g/mol. The van der Waals surface area contributed by atoms with E-state index in [-0.39, 0.29) is 32.6 Å². The van der Waals surface area contributed by atoms with Crippen LogP contribution in [-0.4, -0.2) is 71.5 Å². The molecule has 2 aromatic rings. The zero-order valence-electron chi connectivity index (χ0n) is 19.1. The number of azo groups is 1. The fraction of sp³-hybridized carbons (Fsp3) is 0.263. The molecule has 0 radical (unpaired) electrons. The highest BCUT2D eigenvalue weighted by molar-refractivity contribution is 7.91. The van der Waals surface area contributed by atoms with Gasteiger partial charge in [0.2, 0.25) is 0 Å². The van der Waals surface area contributed by atoms with Gasteiger partial charge in [0.25, 0.3) is 16.0 Å². The van der Waals surface area contributed by atoms with E-state index < -0.39 is 54.7 Å². The number of hydrogen-bond acceptors (Lipinski definition) is 12. The summed E-state index contributed by atoms with van der Waals surface area (Å²) in [5, 5.41) is 13.0. The number of hydrogen-bond donors (Lipinski definition) is 2. The summed E-state index contributed by atoms with van der Waals surface area (Å²) in [7, 11) is -12.0. The first-order valence-electron chi connectivity index (χ1n) is 10.0. The van der Waals surface area contributed by atoms with Gasteiger partial charge in [-0.1, -0.05) is 0 Å². The minimum Gasteiger partial charge on any atom is -0.494 e. The molecule has 0 saturated carbocycles. The minimum atomic E-state index is -4.81. The van der Waals surface area contributed by atoms with Crippen molar-refractivity contribution >= 4 is 53.3 Å². The van der Waals surface area contributed by atoms with Crippen LogP contribution in [0.25, 0.3) is 0 Å². The molecule has 1 aliphatic heterocycles. The van der Waals surface area contributed by atoms with Crippen LogP contribution in [0.2, 0.25) is 0 Å². The van der Waals surface area contributed by atoms with Crippen LogP contribution in [0.1, 0.15) is 6.92 Å². The molecule has 37 heavy (non-hydrogen) atoms. The van der Waals surface area contributed by atoms with E-state index in [1.807, 2.05) is 0 Å². The van der Waals surface area contributed by atoms with Gasteiger partial charge in [0, 0.05) is 0 Å². The van der Waals surface area contributed by atoms with Crippen LogP contribution in [0, 0.1) is 0 Å². The van der Waals surface area contributed by atoms with Gasteiger partial charge in [0.05, 0.1) is 40.7 Å². The van der Waals surface area contributed by atoms with Crippen molar-refractivity contribution in [2.24, 2.45) is 15.3 Å². The van der Waals surface area contributed by atoms with Crippen LogP contribution in [0.15, 0.2) is 67.6 Å². The molecule has 0 aliphatic carbocycles. The van der Waals surface area contributed by atoms with E-state index in [0.29, 0.717) is 0 Å². The maximum absolute atomic E-state index is 12.9. The number of carbonyl (C=O) groups excluding carboxylic acids is 1. The number of sulfone groups is 1. The molecule has 0 unspecified atom stereocenters. The number of amides is 1. The molecule has 0 saturated heterocycles. The van der Waals surface area contributed by atoms with Crippen molar-refractivity contribution < 1.29 is 48.1 Å². The SMILES string of the molecule is COc1ccc(S(=O)(=O)CCOS(=O)(=O)O)cc1N=N[C@H]1C(=O)N(c2ccc(S(=O)(=O)O)cc2)N=C1C. The lowest BCUT2D eigenvalue weighted by atomic mass is 10.2. The van der Waals surface area contributed by atoms with Gasteiger partial charge in [-0.2, -0.15) is 37.2 Å². The lowest BCUT2D eigenvalue weighted by molar-refractivity contribution is -0.117. The second-order valence-electron chi connectivity index (χ2n) is 7.38. The predicted octanol–water partition coefficient (Wildman–Crippen LogP) is 1.41. The van der Waals surface area contributed by atoms with Gasteiger partial charge in [-0.3, -0.25) is 13.9 Å². The Morgan fingerprint density at radius 3 is 2.19 bits per heavy atom. The Balaban J connectivity index is 1.83. The standard InChI is InChI=1S/C19H20N4O11S3/c1-12-18(19(24)23(22-12)13-3-5-14(6-4-13)36(27,28)29)21-20-16-11-15(7-8-17(16)33-2)35(25,26)10-9-34-37(30,31)32/h3-8,11,18H,9-10H2,1-2H3,(H,27,28,29)(H,30,31,32)/t18-/m1/s1. The Bertz CT molecular complexity index is 1580. The van der Waals surface area contributed by atoms with Crippen LogP contribution in [0.4, 0.5) is 11.4 Å². The molecule has 15 nitrogen and oxygen atoms in total. The Hall–Kier alpha value is -3.29. The van der Waals surface area contributed by atoms with Gasteiger partial charge in [-0.05, 0) is 49.4 Å². The van der Waals surface area contributed by atoms with Gasteiger partial charge in [0.1, 0.15) is 11.4 Å². The molecular weight excluding hydrogens is 556 g/mol. The number of carbonyl (C=O) groups is 1. The third kappa shape index (κ3) is 6.93. The van der Waals surface area contributed by atoms with Gasteiger partial charge >= 0.3 is 10.4 Å². The zero-order valence-corrected chi connectivity index (χ0v) is 21.6. The van der Waals surface area contributed by atoms with Gasteiger partial charge < -0.3 is 4.74 Å². The van der Waals surface area contributed by atoms with Gasteiger partial charge in [0.15, 0.2) is 15.9 Å². The molecule has 18 heteroatoms. The average Bonchev–Trinajstić information content (AvgIpc) is 3.09. The van der Waals surface area contributed by atoms with Crippen molar-refractivity contribution in [3.63, 3.8) is 0 Å². The highest BCUT2D eigenvalue weighted by Gasteiger charge is 2.35. The van der Waals surface area contributed by atoms with Crippen molar-refractivity contribution in [2.75, 3.05) is 24.5 Å². The van der Waals surface area contributed by atoms with Crippen molar-refractivity contribution in [1.82, 2.24) is 0 Å². The summed E-state index contributed by atoms with van der Waals surface area (Å²) >= 11 is 0. The Morgan fingerprint density at radius 1 is 1.00 bits per heavy atom. The molecule has 0 fully saturated rings. The summed E-state index contributed by atoms with van der Waals surface area (Å²) in [4.78, 5) is 12.2. The van der Waals surface area contributed by atoms with Crippen LogP contribution in [0.3, 0.4) is 0 Å². The summed E-state index contributed by atoms with van der Waals surface area (Å²) < 4.78 is 95.6. The quantitative estimate of drug-likeness (QED) is 0.304. The second-order valence-corrected chi connectivity index (χ2v) is 12.0. The first kappa shape index (κ1) is 28.3. The van der Waals surface area contributed by atoms with Crippen LogP contribution < -0.4 is 9.75 Å². The molecule has 1 heterocycles. The third-order valence-corrected chi connectivity index (χ3v) is 7.86. The van der Waals surface area contributed by atoms with Crippen molar-refractivity contribution in [1.29, 1.82) is 0 Å². The molecule has 1 amide bonds. The normalized spacial score (nSPS) is 16.9. The van der Waals surface area contributed by atoms with Crippen molar-refractivity contribution in [3.05, 3.63) is 42.5 Å². The lowest BCUT2D eigenvalue weighted by Gasteiger charge is -2.13. The summed E-state index contributed by atoms with van der Waals surface area (Å²) in [5.41, 5.74) is 0.376. The number of ether oxygens (including phenoxy) is 1. The third-order valence-electron chi connectivity index (χ3n) is 4.85. The summed E-state index contributed by atoms with van der Waals surface area (Å²) in [6.45, 7) is 0.679. The number of rotatable bonds is 10. The molecule has 1 aliphatic rings. The first-order valence-corrected chi connectivity index (χ1v) is 14.5. The van der Waals surface area contributed by atoms with E-state index in [9.17, 15) is 30.0 Å². The monoisotopic (exact) mass is 576 g/mol. The molecular formula is C19H20N4O11S3. The maximum Gasteiger partial charge on any atom is 0.397 e. The Morgan fingerprint density at radius 2 is 1.62 bits per heavy atom. The summed E-state index contributed by atoms with van der Waals surface area (Å²) in [5.74, 6) is -1.28. The molecule has 200 valence electrons. The fourth-order valence-corrected chi connectivity index (χ4v) is 5.05. The van der Waals surface area contributed by atoms with E-state index in [0.717, 1.165) is 23.2 Å². The second kappa shape index (κ2) is 10.6. The van der Waals surface area contributed by atoms with E-state index in [1.165, 1.54) is 38.3 Å². The number of benzene rings is 2. The molecule has 1 atom stereocenters. The number of hydrazone groups is 1. The lowest BCUT2D eigenvalue weighted by Crippen LogP contribution is -2.29. The van der Waals surface area contributed by atoms with Crippen LogP contribution in [0.5, 0.6) is 5.75 Å². The number of anilines is 1. The van der Waals surface area contributed by atoms with E-state index >= 15 is 0 Å². The van der Waals surface area contributed by atoms with Crippen molar-refractivity contribution in [2.45, 2.75) is 22.8 Å². The topological polar surface area (TPSA) is 219 Å². The Labute approximate surface area is 212 Å². The summed E-state index contributed by atoms with van der Waals surface area (Å²) in [6.07, 6.45) is 0. The number of nitrogens with zero attached hydrogens (tertiary/aromatic N) is 4. The maximum atomic E-state index is 12.9. The van der Waals surface area contributed by atoms with E-state index in [4.69, 9.17) is 13.8 Å². The smallest absolute Gasteiger partial charge is 0.397 e. The molecule has 3 rings (SSSR count). The zero-order chi connectivity index (χ0) is 27.6. The van der Waals surface area contributed by atoms with Crippen molar-refractivity contribution in [3.8, 4) is 5.75 Å².